The van der Waals surface area contributed by atoms with Gasteiger partial charge in [-0.25, -0.2) is 8.78 Å². The Morgan fingerprint density at radius 2 is 1.77 bits per heavy atom. The van der Waals surface area contributed by atoms with E-state index in [0.717, 1.165) is 17.7 Å². The molecule has 1 aliphatic rings. The van der Waals surface area contributed by atoms with Gasteiger partial charge in [0.2, 0.25) is 5.91 Å². The average Bonchev–Trinajstić information content (AvgIpc) is 2.85. The van der Waals surface area contributed by atoms with Gasteiger partial charge in [-0.05, 0) is 30.2 Å². The van der Waals surface area contributed by atoms with Crippen molar-refractivity contribution in [1.82, 2.24) is 14.4 Å². The Labute approximate surface area is 150 Å². The summed E-state index contributed by atoms with van der Waals surface area (Å²) in [5.74, 6) is -2.04. The molecule has 0 bridgehead atoms. The van der Waals surface area contributed by atoms with Crippen molar-refractivity contribution >= 4 is 11.8 Å². The number of nitrogens with zero attached hydrogens (tertiary/aromatic N) is 3. The van der Waals surface area contributed by atoms with Gasteiger partial charge in [0.15, 0.2) is 0 Å². The molecule has 7 heteroatoms. The predicted molar refractivity (Wildman–Crippen MR) is 92.6 cm³/mol. The Morgan fingerprint density at radius 1 is 1.04 bits per heavy atom. The average molecular weight is 361 g/mol. The van der Waals surface area contributed by atoms with Crippen molar-refractivity contribution in [2.75, 3.05) is 26.2 Å². The van der Waals surface area contributed by atoms with Crippen LogP contribution in [0, 0.1) is 11.6 Å². The van der Waals surface area contributed by atoms with E-state index in [1.807, 2.05) is 30.1 Å². The number of hydrogen-bond acceptors (Lipinski definition) is 2. The molecule has 0 N–H and O–H groups in total. The smallest absolute Gasteiger partial charge is 0.256 e. The molecule has 138 valence electrons. The van der Waals surface area contributed by atoms with Crippen LogP contribution in [0.25, 0.3) is 0 Å². The number of hydrogen-bond donors (Lipinski definition) is 0. The molecule has 2 aromatic rings. The predicted octanol–water partition coefficient (Wildman–Crippen LogP) is 2.22. The number of benzene rings is 1. The maximum atomic E-state index is 13.9. The van der Waals surface area contributed by atoms with Crippen LogP contribution in [0.4, 0.5) is 8.78 Å². The SMILES string of the molecule is Cn1ccc(CC(=O)N2CCCN(C(=O)c3ccc(F)cc3F)CC2)c1. The normalized spacial score (nSPS) is 15.0. The fourth-order valence-corrected chi connectivity index (χ4v) is 3.16. The summed E-state index contributed by atoms with van der Waals surface area (Å²) in [7, 11) is 1.90. The summed E-state index contributed by atoms with van der Waals surface area (Å²) in [6, 6.07) is 4.85. The van der Waals surface area contributed by atoms with Crippen LogP contribution in [0.2, 0.25) is 0 Å². The third kappa shape index (κ3) is 4.09. The standard InChI is InChI=1S/C19H21F2N3O2/c1-22-8-5-14(13-22)11-18(25)23-6-2-7-24(10-9-23)19(26)16-4-3-15(20)12-17(16)21/h3-5,8,12-13H,2,6-7,9-11H2,1H3. The van der Waals surface area contributed by atoms with E-state index in [0.29, 0.717) is 45.1 Å². The zero-order valence-corrected chi connectivity index (χ0v) is 14.6. The first-order valence-electron chi connectivity index (χ1n) is 8.57. The first kappa shape index (κ1) is 18.1. The zero-order valence-electron chi connectivity index (χ0n) is 14.6. The lowest BCUT2D eigenvalue weighted by Crippen LogP contribution is -2.38. The lowest BCUT2D eigenvalue weighted by molar-refractivity contribution is -0.130. The van der Waals surface area contributed by atoms with Crippen LogP contribution in [-0.2, 0) is 18.3 Å². The topological polar surface area (TPSA) is 45.6 Å². The van der Waals surface area contributed by atoms with Gasteiger partial charge in [0.05, 0.1) is 12.0 Å². The Morgan fingerprint density at radius 3 is 2.46 bits per heavy atom. The van der Waals surface area contributed by atoms with Crippen LogP contribution in [0.1, 0.15) is 22.3 Å². The van der Waals surface area contributed by atoms with Crippen LogP contribution in [0.15, 0.2) is 36.7 Å². The van der Waals surface area contributed by atoms with Crippen molar-refractivity contribution in [3.05, 3.63) is 59.4 Å². The van der Waals surface area contributed by atoms with Gasteiger partial charge in [0.25, 0.3) is 5.91 Å². The van der Waals surface area contributed by atoms with Crippen molar-refractivity contribution < 1.29 is 18.4 Å². The number of aromatic nitrogens is 1. The van der Waals surface area contributed by atoms with E-state index >= 15 is 0 Å². The summed E-state index contributed by atoms with van der Waals surface area (Å²) in [6.45, 7) is 1.72. The minimum Gasteiger partial charge on any atom is -0.357 e. The Balaban J connectivity index is 1.62. The van der Waals surface area contributed by atoms with Crippen LogP contribution < -0.4 is 0 Å². The van der Waals surface area contributed by atoms with Crippen molar-refractivity contribution in [1.29, 1.82) is 0 Å². The summed E-state index contributed by atoms with van der Waals surface area (Å²) < 4.78 is 28.8. The van der Waals surface area contributed by atoms with Crippen LogP contribution in [-0.4, -0.2) is 52.4 Å². The first-order chi connectivity index (χ1) is 12.4. The molecule has 1 aromatic heterocycles. The second-order valence-electron chi connectivity index (χ2n) is 6.51. The molecular formula is C19H21F2N3O2. The number of halogens is 2. The lowest BCUT2D eigenvalue weighted by Gasteiger charge is -2.22. The van der Waals surface area contributed by atoms with Gasteiger partial charge < -0.3 is 14.4 Å². The molecule has 0 radical (unpaired) electrons. The number of rotatable bonds is 3. The first-order valence-corrected chi connectivity index (χ1v) is 8.57. The molecule has 2 heterocycles. The zero-order chi connectivity index (χ0) is 18.7. The molecule has 0 aliphatic carbocycles. The van der Waals surface area contributed by atoms with E-state index in [1.54, 1.807) is 4.90 Å². The van der Waals surface area contributed by atoms with Crippen molar-refractivity contribution in [2.24, 2.45) is 7.05 Å². The Bertz CT molecular complexity index is 819. The minimum atomic E-state index is -0.865. The molecule has 3 rings (SSSR count). The Kier molecular flexibility index (Phi) is 5.35. The molecule has 26 heavy (non-hydrogen) atoms. The van der Waals surface area contributed by atoms with Gasteiger partial charge in [-0.15, -0.1) is 0 Å². The van der Waals surface area contributed by atoms with Crippen LogP contribution in [0.5, 0.6) is 0 Å². The molecule has 1 aromatic carbocycles. The van der Waals surface area contributed by atoms with Gasteiger partial charge in [0, 0.05) is 51.7 Å². The van der Waals surface area contributed by atoms with E-state index in [2.05, 4.69) is 0 Å². The number of carbonyl (C=O) groups excluding carboxylic acids is 2. The van der Waals surface area contributed by atoms with Crippen molar-refractivity contribution in [3.63, 3.8) is 0 Å². The maximum Gasteiger partial charge on any atom is 0.256 e. The quantitative estimate of drug-likeness (QED) is 0.842. The molecular weight excluding hydrogens is 340 g/mol. The Hall–Kier alpha value is -2.70. The molecule has 1 aliphatic heterocycles. The van der Waals surface area contributed by atoms with E-state index in [-0.39, 0.29) is 11.5 Å². The summed E-state index contributed by atoms with van der Waals surface area (Å²) >= 11 is 0. The molecule has 0 atom stereocenters. The lowest BCUT2D eigenvalue weighted by atomic mass is 10.1. The summed E-state index contributed by atoms with van der Waals surface area (Å²) in [4.78, 5) is 28.2. The van der Waals surface area contributed by atoms with Gasteiger partial charge in [-0.3, -0.25) is 9.59 Å². The molecule has 0 spiro atoms. The van der Waals surface area contributed by atoms with E-state index in [9.17, 15) is 18.4 Å². The van der Waals surface area contributed by atoms with Crippen LogP contribution >= 0.6 is 0 Å². The minimum absolute atomic E-state index is 0.0125. The van der Waals surface area contributed by atoms with Crippen molar-refractivity contribution in [2.45, 2.75) is 12.8 Å². The summed E-state index contributed by atoms with van der Waals surface area (Å²) in [5.41, 5.74) is 0.804. The molecule has 1 saturated heterocycles. The number of aryl methyl sites for hydroxylation is 1. The summed E-state index contributed by atoms with van der Waals surface area (Å²) in [5, 5.41) is 0. The second kappa shape index (κ2) is 7.68. The molecule has 2 amide bonds. The fraction of sp³-hybridized carbons (Fsp3) is 0.368. The van der Waals surface area contributed by atoms with Gasteiger partial charge in [-0.2, -0.15) is 0 Å². The van der Waals surface area contributed by atoms with E-state index in [1.165, 1.54) is 4.90 Å². The molecule has 0 saturated carbocycles. The highest BCUT2D eigenvalue weighted by Crippen LogP contribution is 2.15. The molecule has 0 unspecified atom stereocenters. The fourth-order valence-electron chi connectivity index (χ4n) is 3.16. The van der Waals surface area contributed by atoms with Gasteiger partial charge >= 0.3 is 0 Å². The van der Waals surface area contributed by atoms with Gasteiger partial charge in [-0.1, -0.05) is 0 Å². The second-order valence-corrected chi connectivity index (χ2v) is 6.51. The number of amides is 2. The molecule has 1 fully saturated rings. The van der Waals surface area contributed by atoms with Crippen LogP contribution in [0.3, 0.4) is 0 Å². The highest BCUT2D eigenvalue weighted by Gasteiger charge is 2.24. The highest BCUT2D eigenvalue weighted by molar-refractivity contribution is 5.94. The maximum absolute atomic E-state index is 13.9. The molecule has 5 nitrogen and oxygen atoms in total. The third-order valence-electron chi connectivity index (χ3n) is 4.55. The largest absolute Gasteiger partial charge is 0.357 e. The van der Waals surface area contributed by atoms with E-state index < -0.39 is 17.5 Å². The van der Waals surface area contributed by atoms with E-state index in [4.69, 9.17) is 0 Å². The third-order valence-corrected chi connectivity index (χ3v) is 4.55. The van der Waals surface area contributed by atoms with Gasteiger partial charge in [0.1, 0.15) is 11.6 Å². The number of carbonyl (C=O) groups is 2. The van der Waals surface area contributed by atoms with Crippen molar-refractivity contribution in [3.8, 4) is 0 Å². The monoisotopic (exact) mass is 361 g/mol. The summed E-state index contributed by atoms with van der Waals surface area (Å²) in [6.07, 6.45) is 4.74. The highest BCUT2D eigenvalue weighted by atomic mass is 19.1.